The first-order chi connectivity index (χ1) is 4.18. The topological polar surface area (TPSA) is 68.9 Å². The molecule has 58 valence electrons. The maximum Gasteiger partial charge on any atom is 1.00 e. The first kappa shape index (κ1) is 9.64. The first-order valence-corrected chi connectivity index (χ1v) is 2.62. The molecule has 0 aliphatic heterocycles. The Hall–Kier alpha value is -0.360. The van der Waals surface area contributed by atoms with Crippen LogP contribution in [-0.2, 0) is 22.4 Å². The van der Waals surface area contributed by atoms with Gasteiger partial charge in [-0.05, 0) is 12.2 Å². The number of rotatable bonds is 0. The van der Waals surface area contributed by atoms with Crippen molar-refractivity contribution in [3.05, 3.63) is 21.2 Å². The van der Waals surface area contributed by atoms with E-state index in [1.165, 1.54) is 0 Å². The Bertz CT molecular complexity index is 289. The average molecular weight is 341 g/mol. The van der Waals surface area contributed by atoms with Gasteiger partial charge in [0.15, 0.2) is 10.7 Å². The van der Waals surface area contributed by atoms with E-state index in [0.717, 1.165) is 6.07 Å². The molecule has 0 aliphatic rings. The van der Waals surface area contributed by atoms with Gasteiger partial charge < -0.3 is 10.1 Å². The van der Waals surface area contributed by atoms with Gasteiger partial charge in [-0.25, -0.2) is 0 Å². The molecule has 0 amide bonds. The van der Waals surface area contributed by atoms with E-state index in [0.29, 0.717) is 0 Å². The molecule has 10 heavy (non-hydrogen) atoms. The Morgan fingerprint density at radius 3 is 2.50 bits per heavy atom. The Morgan fingerprint density at radius 1 is 1.50 bits per heavy atom. The Balaban J connectivity index is 0.000000810. The van der Waals surface area contributed by atoms with Crippen molar-refractivity contribution in [2.75, 3.05) is 0 Å². The van der Waals surface area contributed by atoms with E-state index in [2.05, 4.69) is 22.2 Å². The van der Waals surface area contributed by atoms with Crippen molar-refractivity contribution >= 4 is 12.2 Å². The van der Waals surface area contributed by atoms with E-state index in [9.17, 15) is 4.79 Å². The molecule has 0 saturated heterocycles. The first-order valence-electron chi connectivity index (χ1n) is 2.21. The SMILES string of the molecule is O=c1cc(O)[nH]c(=S)[nH]1.[Au+]. The van der Waals surface area contributed by atoms with Crippen molar-refractivity contribution in [3.8, 4) is 5.88 Å². The molecule has 0 saturated carbocycles. The molecule has 0 bridgehead atoms. The van der Waals surface area contributed by atoms with Crippen LogP contribution in [0.25, 0.3) is 0 Å². The van der Waals surface area contributed by atoms with Crippen LogP contribution in [0.3, 0.4) is 0 Å². The number of hydrogen-bond acceptors (Lipinski definition) is 3. The van der Waals surface area contributed by atoms with Crippen molar-refractivity contribution in [3.63, 3.8) is 0 Å². The van der Waals surface area contributed by atoms with Crippen molar-refractivity contribution in [2.24, 2.45) is 0 Å². The van der Waals surface area contributed by atoms with Crippen LogP contribution in [0.15, 0.2) is 10.9 Å². The number of aromatic hydroxyl groups is 1. The van der Waals surface area contributed by atoms with Crippen LogP contribution in [0.2, 0.25) is 0 Å². The van der Waals surface area contributed by atoms with Crippen LogP contribution in [0, 0.1) is 4.77 Å². The quantitative estimate of drug-likeness (QED) is 0.464. The standard InChI is InChI=1S/C4H4N2O2S.Au/c7-2-1-3(8)6-4(9)5-2;/h1H,(H3,5,6,7,8,9);/q;+1. The summed E-state index contributed by atoms with van der Waals surface area (Å²) in [5.74, 6) is -0.219. The molecule has 1 aromatic rings. The second-order valence-electron chi connectivity index (χ2n) is 1.47. The van der Waals surface area contributed by atoms with Gasteiger partial charge >= 0.3 is 22.4 Å². The second-order valence-corrected chi connectivity index (χ2v) is 1.88. The predicted octanol–water partition coefficient (Wildman–Crippen LogP) is 0.136. The van der Waals surface area contributed by atoms with Gasteiger partial charge in [-0.3, -0.25) is 9.78 Å². The van der Waals surface area contributed by atoms with E-state index in [-0.39, 0.29) is 33.0 Å². The second kappa shape index (κ2) is 3.72. The third-order valence-corrected chi connectivity index (χ3v) is 0.950. The van der Waals surface area contributed by atoms with Gasteiger partial charge in [0, 0.05) is 0 Å². The summed E-state index contributed by atoms with van der Waals surface area (Å²) in [7, 11) is 0. The molecule has 1 rings (SSSR count). The summed E-state index contributed by atoms with van der Waals surface area (Å²) in [6.45, 7) is 0. The number of H-pyrrole nitrogens is 2. The summed E-state index contributed by atoms with van der Waals surface area (Å²) >= 11 is 4.52. The maximum atomic E-state index is 10.4. The van der Waals surface area contributed by atoms with Crippen molar-refractivity contribution in [1.29, 1.82) is 0 Å². The molecule has 0 spiro atoms. The molecule has 1 heterocycles. The maximum absolute atomic E-state index is 10.4. The molecular formula is C4H4AuN2O2S+. The van der Waals surface area contributed by atoms with Crippen LogP contribution in [0.1, 0.15) is 0 Å². The van der Waals surface area contributed by atoms with Gasteiger partial charge in [0.2, 0.25) is 0 Å². The van der Waals surface area contributed by atoms with E-state index in [1.54, 1.807) is 0 Å². The van der Waals surface area contributed by atoms with Crippen molar-refractivity contribution < 1.29 is 27.5 Å². The van der Waals surface area contributed by atoms with Crippen LogP contribution in [0.4, 0.5) is 0 Å². The Morgan fingerprint density at radius 2 is 2.10 bits per heavy atom. The number of nitrogens with one attached hydrogen (secondary N) is 2. The zero-order valence-corrected chi connectivity index (χ0v) is 7.63. The van der Waals surface area contributed by atoms with Crippen LogP contribution in [0.5, 0.6) is 5.88 Å². The summed E-state index contributed by atoms with van der Waals surface area (Å²) in [5, 5.41) is 8.65. The number of hydrogen-bond donors (Lipinski definition) is 3. The molecule has 4 nitrogen and oxygen atoms in total. The summed E-state index contributed by atoms with van der Waals surface area (Å²) in [4.78, 5) is 15.0. The monoisotopic (exact) mass is 341 g/mol. The summed E-state index contributed by atoms with van der Waals surface area (Å²) in [5.41, 5.74) is -0.406. The molecule has 3 N–H and O–H groups in total. The molecule has 0 fully saturated rings. The third-order valence-electron chi connectivity index (χ3n) is 0.746. The third kappa shape index (κ3) is 2.49. The smallest absolute Gasteiger partial charge is 0.494 e. The molecule has 0 atom stereocenters. The van der Waals surface area contributed by atoms with Crippen LogP contribution >= 0.6 is 12.2 Å². The fourth-order valence-corrected chi connectivity index (χ4v) is 0.661. The minimum atomic E-state index is -0.406. The van der Waals surface area contributed by atoms with Gasteiger partial charge in [0.1, 0.15) is 0 Å². The largest absolute Gasteiger partial charge is 1.00 e. The minimum Gasteiger partial charge on any atom is -0.494 e. The van der Waals surface area contributed by atoms with E-state index < -0.39 is 5.56 Å². The van der Waals surface area contributed by atoms with E-state index >= 15 is 0 Å². The van der Waals surface area contributed by atoms with Crippen molar-refractivity contribution in [2.45, 2.75) is 0 Å². The fraction of sp³-hybridized carbons (Fsp3) is 0. The van der Waals surface area contributed by atoms with E-state index in [4.69, 9.17) is 5.11 Å². The normalized spacial score (nSPS) is 8.40. The summed E-state index contributed by atoms with van der Waals surface area (Å²) < 4.78 is 0.125. The molecule has 0 aromatic carbocycles. The average Bonchev–Trinajstić information content (AvgIpc) is 1.59. The molecule has 0 radical (unpaired) electrons. The van der Waals surface area contributed by atoms with Crippen molar-refractivity contribution in [1.82, 2.24) is 9.97 Å². The van der Waals surface area contributed by atoms with E-state index in [1.807, 2.05) is 0 Å². The van der Waals surface area contributed by atoms with Gasteiger partial charge in [0.25, 0.3) is 5.56 Å². The Labute approximate surface area is 76.8 Å². The molecule has 1 aromatic heterocycles. The zero-order valence-electron chi connectivity index (χ0n) is 4.64. The van der Waals surface area contributed by atoms with Crippen LogP contribution < -0.4 is 5.56 Å². The molecule has 0 aliphatic carbocycles. The molecule has 0 unspecified atom stereocenters. The molecular weight excluding hydrogens is 337 g/mol. The van der Waals surface area contributed by atoms with Crippen LogP contribution in [-0.4, -0.2) is 15.1 Å². The summed E-state index contributed by atoms with van der Waals surface area (Å²) in [6, 6.07) is 1.01. The number of aromatic amines is 2. The van der Waals surface area contributed by atoms with Gasteiger partial charge in [-0.1, -0.05) is 0 Å². The van der Waals surface area contributed by atoms with Gasteiger partial charge in [-0.2, -0.15) is 0 Å². The fourth-order valence-electron chi connectivity index (χ4n) is 0.456. The van der Waals surface area contributed by atoms with Gasteiger partial charge in [-0.15, -0.1) is 0 Å². The molecule has 6 heteroatoms. The van der Waals surface area contributed by atoms with Gasteiger partial charge in [0.05, 0.1) is 6.07 Å². The minimum absolute atomic E-state index is 0. The summed E-state index contributed by atoms with van der Waals surface area (Å²) in [6.07, 6.45) is 0. The number of aromatic nitrogens is 2. The zero-order chi connectivity index (χ0) is 6.85. The predicted molar refractivity (Wildman–Crippen MR) is 33.9 cm³/mol. The Kier molecular flexibility index (Phi) is 3.59.